The van der Waals surface area contributed by atoms with Crippen molar-refractivity contribution in [2.45, 2.75) is 16.9 Å². The molecule has 0 spiro atoms. The molecular formula is C16H14Cl3N3O3. The van der Waals surface area contributed by atoms with E-state index in [0.29, 0.717) is 5.69 Å². The van der Waals surface area contributed by atoms with Gasteiger partial charge in [0, 0.05) is 23.4 Å². The minimum Gasteiger partial charge on any atom is -0.362 e. The van der Waals surface area contributed by atoms with Crippen LogP contribution in [0.2, 0.25) is 0 Å². The summed E-state index contributed by atoms with van der Waals surface area (Å²) in [5, 5.41) is 16.2. The van der Waals surface area contributed by atoms with Gasteiger partial charge in [0.1, 0.15) is 6.17 Å². The lowest BCUT2D eigenvalue weighted by Gasteiger charge is -2.28. The summed E-state index contributed by atoms with van der Waals surface area (Å²) in [6.07, 6.45) is -1.01. The van der Waals surface area contributed by atoms with Crippen LogP contribution in [0, 0.1) is 17.0 Å². The van der Waals surface area contributed by atoms with E-state index in [4.69, 9.17) is 34.8 Å². The van der Waals surface area contributed by atoms with Crippen LogP contribution in [-0.4, -0.2) is 20.8 Å². The number of non-ortho nitro benzene ring substituents is 1. The molecule has 6 nitrogen and oxygen atoms in total. The minimum absolute atomic E-state index is 0.118. The standard InChI is InChI=1S/C16H14Cl3N3O3/c1-10-4-2-3-5-13(10)20-15(16(17,18)19)21-14(23)11-6-8-12(9-7-11)22(24)25/h2-9,15,20H,1H3,(H,21,23)/t15-/m1/s1. The van der Waals surface area contributed by atoms with Gasteiger partial charge in [-0.2, -0.15) is 0 Å². The lowest BCUT2D eigenvalue weighted by atomic mass is 10.2. The van der Waals surface area contributed by atoms with Crippen LogP contribution in [0.4, 0.5) is 11.4 Å². The Hall–Kier alpha value is -2.02. The quantitative estimate of drug-likeness (QED) is 0.335. The van der Waals surface area contributed by atoms with Gasteiger partial charge in [0.05, 0.1) is 4.92 Å². The smallest absolute Gasteiger partial charge is 0.269 e. The Morgan fingerprint density at radius 1 is 1.12 bits per heavy atom. The maximum absolute atomic E-state index is 12.4. The third-order valence-electron chi connectivity index (χ3n) is 3.39. The molecule has 0 aliphatic heterocycles. The summed E-state index contributed by atoms with van der Waals surface area (Å²) in [5.41, 5.74) is 1.69. The number of benzene rings is 2. The summed E-state index contributed by atoms with van der Waals surface area (Å²) in [5.74, 6) is -0.535. The number of nitrogens with one attached hydrogen (secondary N) is 2. The average molecular weight is 403 g/mol. The highest BCUT2D eigenvalue weighted by Crippen LogP contribution is 2.32. The Labute approximate surface area is 159 Å². The van der Waals surface area contributed by atoms with E-state index < -0.39 is 20.8 Å². The van der Waals surface area contributed by atoms with Crippen LogP contribution >= 0.6 is 34.8 Å². The predicted molar refractivity (Wildman–Crippen MR) is 99.4 cm³/mol. The summed E-state index contributed by atoms with van der Waals surface area (Å²) in [7, 11) is 0. The zero-order chi connectivity index (χ0) is 18.6. The second-order valence-corrected chi connectivity index (χ2v) is 7.58. The number of para-hydroxylation sites is 1. The first-order valence-electron chi connectivity index (χ1n) is 7.12. The molecule has 1 amide bonds. The Bertz CT molecular complexity index is 776. The summed E-state index contributed by atoms with van der Waals surface area (Å²) < 4.78 is -1.82. The van der Waals surface area contributed by atoms with Crippen LogP contribution in [-0.2, 0) is 0 Å². The van der Waals surface area contributed by atoms with Gasteiger partial charge in [-0.05, 0) is 30.7 Å². The van der Waals surface area contributed by atoms with Crippen molar-refractivity contribution in [3.8, 4) is 0 Å². The highest BCUT2D eigenvalue weighted by molar-refractivity contribution is 6.68. The minimum atomic E-state index is -1.82. The van der Waals surface area contributed by atoms with Crippen molar-refractivity contribution in [3.63, 3.8) is 0 Å². The second-order valence-electron chi connectivity index (χ2n) is 5.21. The average Bonchev–Trinajstić information content (AvgIpc) is 2.55. The van der Waals surface area contributed by atoms with Gasteiger partial charge in [0.15, 0.2) is 0 Å². The summed E-state index contributed by atoms with van der Waals surface area (Å²) in [6.45, 7) is 1.87. The number of halogens is 3. The van der Waals surface area contributed by atoms with Crippen molar-refractivity contribution in [1.82, 2.24) is 5.32 Å². The Kier molecular flexibility index (Phi) is 6.11. The fourth-order valence-electron chi connectivity index (χ4n) is 2.04. The van der Waals surface area contributed by atoms with Crippen molar-refractivity contribution < 1.29 is 9.72 Å². The van der Waals surface area contributed by atoms with E-state index in [1.165, 1.54) is 24.3 Å². The molecule has 1 atom stereocenters. The molecule has 2 N–H and O–H groups in total. The van der Waals surface area contributed by atoms with Crippen LogP contribution in [0.25, 0.3) is 0 Å². The van der Waals surface area contributed by atoms with Gasteiger partial charge < -0.3 is 10.6 Å². The molecule has 0 bridgehead atoms. The molecule has 2 aromatic carbocycles. The molecule has 0 unspecified atom stereocenters. The van der Waals surface area contributed by atoms with Crippen molar-refractivity contribution in [3.05, 3.63) is 69.8 Å². The van der Waals surface area contributed by atoms with E-state index in [1.807, 2.05) is 25.1 Å². The van der Waals surface area contributed by atoms with E-state index in [-0.39, 0.29) is 11.3 Å². The number of aryl methyl sites for hydroxylation is 1. The Morgan fingerprint density at radius 2 is 1.72 bits per heavy atom. The van der Waals surface area contributed by atoms with Crippen LogP contribution in [0.15, 0.2) is 48.5 Å². The van der Waals surface area contributed by atoms with Gasteiger partial charge in [-0.3, -0.25) is 14.9 Å². The van der Waals surface area contributed by atoms with Gasteiger partial charge in [-0.25, -0.2) is 0 Å². The number of carbonyl (C=O) groups excluding carboxylic acids is 1. The fraction of sp³-hybridized carbons (Fsp3) is 0.188. The lowest BCUT2D eigenvalue weighted by Crippen LogP contribution is -2.49. The van der Waals surface area contributed by atoms with Crippen LogP contribution in [0.1, 0.15) is 15.9 Å². The molecule has 2 rings (SSSR count). The largest absolute Gasteiger partial charge is 0.362 e. The number of hydrogen-bond acceptors (Lipinski definition) is 4. The number of rotatable bonds is 5. The lowest BCUT2D eigenvalue weighted by molar-refractivity contribution is -0.384. The highest BCUT2D eigenvalue weighted by Gasteiger charge is 2.34. The molecule has 0 aliphatic carbocycles. The second kappa shape index (κ2) is 7.91. The molecule has 0 aromatic heterocycles. The van der Waals surface area contributed by atoms with E-state index in [1.54, 1.807) is 6.07 Å². The SMILES string of the molecule is Cc1ccccc1N[C@H](NC(=O)c1ccc([N+](=O)[O-])cc1)C(Cl)(Cl)Cl. The molecule has 0 aliphatic rings. The Morgan fingerprint density at radius 3 is 2.24 bits per heavy atom. The zero-order valence-corrected chi connectivity index (χ0v) is 15.3. The number of carbonyl (C=O) groups is 1. The number of hydrogen-bond donors (Lipinski definition) is 2. The number of nitrogens with zero attached hydrogens (tertiary/aromatic N) is 1. The number of amides is 1. The number of anilines is 1. The molecule has 132 valence electrons. The number of nitro benzene ring substituents is 1. The maximum atomic E-state index is 12.4. The first-order valence-corrected chi connectivity index (χ1v) is 8.26. The molecule has 0 heterocycles. The van der Waals surface area contributed by atoms with Crippen molar-refractivity contribution >= 4 is 52.1 Å². The van der Waals surface area contributed by atoms with Gasteiger partial charge in [-0.1, -0.05) is 53.0 Å². The first kappa shape index (κ1) is 19.3. The highest BCUT2D eigenvalue weighted by atomic mass is 35.6. The third-order valence-corrected chi connectivity index (χ3v) is 4.04. The topological polar surface area (TPSA) is 84.3 Å². The summed E-state index contributed by atoms with van der Waals surface area (Å²) in [6, 6.07) is 12.4. The summed E-state index contributed by atoms with van der Waals surface area (Å²) >= 11 is 17.9. The maximum Gasteiger partial charge on any atom is 0.269 e. The molecule has 0 fully saturated rings. The van der Waals surface area contributed by atoms with Crippen LogP contribution < -0.4 is 10.6 Å². The van der Waals surface area contributed by atoms with Crippen molar-refractivity contribution in [1.29, 1.82) is 0 Å². The van der Waals surface area contributed by atoms with Gasteiger partial charge >= 0.3 is 0 Å². The van der Waals surface area contributed by atoms with Gasteiger partial charge in [0.25, 0.3) is 11.6 Å². The van der Waals surface area contributed by atoms with E-state index in [9.17, 15) is 14.9 Å². The van der Waals surface area contributed by atoms with Crippen molar-refractivity contribution in [2.75, 3.05) is 5.32 Å². The molecule has 9 heteroatoms. The monoisotopic (exact) mass is 401 g/mol. The molecule has 0 saturated heterocycles. The van der Waals surface area contributed by atoms with Crippen LogP contribution in [0.3, 0.4) is 0 Å². The summed E-state index contributed by atoms with van der Waals surface area (Å²) in [4.78, 5) is 22.5. The van der Waals surface area contributed by atoms with Crippen LogP contribution in [0.5, 0.6) is 0 Å². The molecule has 0 radical (unpaired) electrons. The zero-order valence-electron chi connectivity index (χ0n) is 13.0. The van der Waals surface area contributed by atoms with E-state index in [0.717, 1.165) is 5.56 Å². The fourth-order valence-corrected chi connectivity index (χ4v) is 2.37. The van der Waals surface area contributed by atoms with Gasteiger partial charge in [0.2, 0.25) is 3.79 Å². The molecular weight excluding hydrogens is 389 g/mol. The molecule has 0 saturated carbocycles. The van der Waals surface area contributed by atoms with E-state index in [2.05, 4.69) is 10.6 Å². The Balaban J connectivity index is 2.18. The predicted octanol–water partition coefficient (Wildman–Crippen LogP) is 4.44. The third kappa shape index (κ3) is 5.22. The molecule has 25 heavy (non-hydrogen) atoms. The molecule has 2 aromatic rings. The normalized spacial score (nSPS) is 12.3. The number of nitro groups is 1. The van der Waals surface area contributed by atoms with E-state index >= 15 is 0 Å². The van der Waals surface area contributed by atoms with Crippen molar-refractivity contribution in [2.24, 2.45) is 0 Å². The first-order chi connectivity index (χ1) is 11.7. The van der Waals surface area contributed by atoms with Gasteiger partial charge in [-0.15, -0.1) is 0 Å². The number of alkyl halides is 3.